The van der Waals surface area contributed by atoms with Crippen LogP contribution in [0, 0.1) is 29.1 Å². The van der Waals surface area contributed by atoms with E-state index in [-0.39, 0.29) is 11.8 Å². The van der Waals surface area contributed by atoms with Gasteiger partial charge in [-0.05, 0) is 25.2 Å². The van der Waals surface area contributed by atoms with Gasteiger partial charge in [0.15, 0.2) is 0 Å². The van der Waals surface area contributed by atoms with Gasteiger partial charge in [-0.25, -0.2) is 0 Å². The number of nitrogens with zero attached hydrogens (tertiary/aromatic N) is 1. The number of hydrogen-bond donors (Lipinski definition) is 0. The van der Waals surface area contributed by atoms with E-state index in [1.807, 2.05) is 0 Å². The molecular weight excluding hydrogens is 162 g/mol. The summed E-state index contributed by atoms with van der Waals surface area (Å²) in [7, 11) is 0. The maximum atomic E-state index is 11.6. The molecule has 2 aliphatic carbocycles. The van der Waals surface area contributed by atoms with Crippen LogP contribution < -0.4 is 0 Å². The standard InChI is InChI=1S/C11H13NO/c1-7-5-8(6-12)11-9(7)3-2-4-10(11)13/h8-9,11H,1-5H2. The number of carbonyl (C=O) groups excluding carboxylic acids is 1. The lowest BCUT2D eigenvalue weighted by Gasteiger charge is -2.25. The van der Waals surface area contributed by atoms with E-state index < -0.39 is 0 Å². The van der Waals surface area contributed by atoms with Crippen molar-refractivity contribution in [3.63, 3.8) is 0 Å². The van der Waals surface area contributed by atoms with Gasteiger partial charge in [-0.15, -0.1) is 0 Å². The van der Waals surface area contributed by atoms with Crippen LogP contribution in [0.1, 0.15) is 25.7 Å². The summed E-state index contributed by atoms with van der Waals surface area (Å²) in [5, 5.41) is 8.90. The van der Waals surface area contributed by atoms with Gasteiger partial charge in [0.25, 0.3) is 0 Å². The summed E-state index contributed by atoms with van der Waals surface area (Å²) < 4.78 is 0. The largest absolute Gasteiger partial charge is 0.299 e. The Labute approximate surface area is 78.2 Å². The second-order valence-corrected chi connectivity index (χ2v) is 4.09. The minimum atomic E-state index is -0.0784. The summed E-state index contributed by atoms with van der Waals surface area (Å²) in [6.07, 6.45) is 3.47. The lowest BCUT2D eigenvalue weighted by molar-refractivity contribution is -0.126. The van der Waals surface area contributed by atoms with Crippen molar-refractivity contribution in [2.45, 2.75) is 25.7 Å². The Balaban J connectivity index is 2.28. The van der Waals surface area contributed by atoms with Crippen LogP contribution in [-0.4, -0.2) is 5.78 Å². The number of allylic oxidation sites excluding steroid dienone is 1. The topological polar surface area (TPSA) is 40.9 Å². The zero-order valence-corrected chi connectivity index (χ0v) is 7.62. The van der Waals surface area contributed by atoms with Crippen LogP contribution in [0.3, 0.4) is 0 Å². The minimum Gasteiger partial charge on any atom is -0.299 e. The molecular formula is C11H13NO. The first-order chi connectivity index (χ1) is 6.24. The van der Waals surface area contributed by atoms with E-state index >= 15 is 0 Å². The Hall–Kier alpha value is -1.10. The summed E-state index contributed by atoms with van der Waals surface area (Å²) in [5.41, 5.74) is 1.13. The van der Waals surface area contributed by atoms with Crippen molar-refractivity contribution >= 4 is 5.78 Å². The van der Waals surface area contributed by atoms with Crippen molar-refractivity contribution < 1.29 is 4.79 Å². The fourth-order valence-electron chi connectivity index (χ4n) is 2.72. The van der Waals surface area contributed by atoms with Gasteiger partial charge in [-0.2, -0.15) is 5.26 Å². The van der Waals surface area contributed by atoms with Crippen LogP contribution in [0.2, 0.25) is 0 Å². The molecule has 2 rings (SSSR count). The predicted molar refractivity (Wildman–Crippen MR) is 48.7 cm³/mol. The third-order valence-corrected chi connectivity index (χ3v) is 3.35. The second-order valence-electron chi connectivity index (χ2n) is 4.09. The molecule has 2 fully saturated rings. The third kappa shape index (κ3) is 1.19. The van der Waals surface area contributed by atoms with Crippen molar-refractivity contribution in [2.24, 2.45) is 17.8 Å². The normalized spacial score (nSPS) is 38.5. The van der Waals surface area contributed by atoms with E-state index in [1.165, 1.54) is 0 Å². The molecule has 2 heteroatoms. The highest BCUT2D eigenvalue weighted by Crippen LogP contribution is 2.46. The Morgan fingerprint density at radius 3 is 3.00 bits per heavy atom. The Morgan fingerprint density at radius 2 is 2.31 bits per heavy atom. The lowest BCUT2D eigenvalue weighted by atomic mass is 9.77. The molecule has 0 heterocycles. The SMILES string of the molecule is C=C1CC(C#N)C2C(=O)CCCC12. The summed E-state index contributed by atoms with van der Waals surface area (Å²) in [6.45, 7) is 3.97. The van der Waals surface area contributed by atoms with Gasteiger partial charge in [-0.1, -0.05) is 12.2 Å². The van der Waals surface area contributed by atoms with E-state index in [9.17, 15) is 4.79 Å². The molecule has 0 bridgehead atoms. The van der Waals surface area contributed by atoms with Crippen molar-refractivity contribution in [3.8, 4) is 6.07 Å². The molecule has 2 nitrogen and oxygen atoms in total. The summed E-state index contributed by atoms with van der Waals surface area (Å²) in [6, 6.07) is 2.24. The predicted octanol–water partition coefficient (Wildman–Crippen LogP) is 2.07. The molecule has 2 saturated carbocycles. The second kappa shape index (κ2) is 2.99. The molecule has 0 spiro atoms. The van der Waals surface area contributed by atoms with Crippen molar-refractivity contribution in [1.82, 2.24) is 0 Å². The van der Waals surface area contributed by atoms with Crippen LogP contribution >= 0.6 is 0 Å². The lowest BCUT2D eigenvalue weighted by Crippen LogP contribution is -2.28. The van der Waals surface area contributed by atoms with Crippen molar-refractivity contribution in [2.75, 3.05) is 0 Å². The zero-order valence-electron chi connectivity index (χ0n) is 7.62. The molecule has 0 saturated heterocycles. The van der Waals surface area contributed by atoms with E-state index in [2.05, 4.69) is 12.6 Å². The molecule has 0 N–H and O–H groups in total. The molecule has 0 amide bonds. The maximum Gasteiger partial charge on any atom is 0.137 e. The summed E-state index contributed by atoms with van der Waals surface area (Å²) in [5.74, 6) is 0.531. The van der Waals surface area contributed by atoms with Crippen LogP contribution in [0.25, 0.3) is 0 Å². The van der Waals surface area contributed by atoms with Crippen LogP contribution in [0.15, 0.2) is 12.2 Å². The molecule has 68 valence electrons. The number of hydrogen-bond acceptors (Lipinski definition) is 2. The highest BCUT2D eigenvalue weighted by Gasteiger charge is 2.44. The number of fused-ring (bicyclic) bond motifs is 1. The molecule has 2 aliphatic rings. The van der Waals surface area contributed by atoms with Gasteiger partial charge in [0.2, 0.25) is 0 Å². The summed E-state index contributed by atoms with van der Waals surface area (Å²) >= 11 is 0. The Morgan fingerprint density at radius 1 is 1.54 bits per heavy atom. The molecule has 0 aromatic heterocycles. The van der Waals surface area contributed by atoms with Crippen molar-refractivity contribution in [3.05, 3.63) is 12.2 Å². The third-order valence-electron chi connectivity index (χ3n) is 3.35. The molecule has 3 unspecified atom stereocenters. The smallest absolute Gasteiger partial charge is 0.137 e. The van der Waals surface area contributed by atoms with Gasteiger partial charge < -0.3 is 0 Å². The first-order valence-electron chi connectivity index (χ1n) is 4.84. The van der Waals surface area contributed by atoms with Crippen molar-refractivity contribution in [1.29, 1.82) is 5.26 Å². The fourth-order valence-corrected chi connectivity index (χ4v) is 2.72. The molecule has 3 atom stereocenters. The van der Waals surface area contributed by atoms with Gasteiger partial charge >= 0.3 is 0 Å². The number of Topliss-reactive ketones (excluding diaryl/α,β-unsaturated/α-hetero) is 1. The average molecular weight is 175 g/mol. The molecule has 0 radical (unpaired) electrons. The number of rotatable bonds is 0. The molecule has 0 aliphatic heterocycles. The first-order valence-corrected chi connectivity index (χ1v) is 4.84. The molecule has 0 aromatic rings. The number of nitriles is 1. The van der Waals surface area contributed by atoms with Crippen LogP contribution in [-0.2, 0) is 4.79 Å². The first kappa shape index (κ1) is 8.50. The molecule has 0 aromatic carbocycles. The molecule has 13 heavy (non-hydrogen) atoms. The van der Waals surface area contributed by atoms with Gasteiger partial charge in [0.1, 0.15) is 5.78 Å². The summed E-state index contributed by atoms with van der Waals surface area (Å²) in [4.78, 5) is 11.6. The van der Waals surface area contributed by atoms with E-state index in [0.29, 0.717) is 18.1 Å². The zero-order chi connectivity index (χ0) is 9.42. The number of carbonyl (C=O) groups is 1. The average Bonchev–Trinajstić information content (AvgIpc) is 2.45. The van der Waals surface area contributed by atoms with Gasteiger partial charge in [-0.3, -0.25) is 4.79 Å². The van der Waals surface area contributed by atoms with E-state index in [0.717, 1.165) is 24.8 Å². The monoisotopic (exact) mass is 175 g/mol. The van der Waals surface area contributed by atoms with Crippen LogP contribution in [0.4, 0.5) is 0 Å². The fraction of sp³-hybridized carbons (Fsp3) is 0.636. The van der Waals surface area contributed by atoms with Gasteiger partial charge in [0, 0.05) is 12.3 Å². The quantitative estimate of drug-likeness (QED) is 0.529. The number of ketones is 1. The minimum absolute atomic E-state index is 0.00810. The van der Waals surface area contributed by atoms with Gasteiger partial charge in [0.05, 0.1) is 12.0 Å². The van der Waals surface area contributed by atoms with Crippen LogP contribution in [0.5, 0.6) is 0 Å². The Kier molecular flexibility index (Phi) is 1.95. The highest BCUT2D eigenvalue weighted by atomic mass is 16.1. The maximum absolute atomic E-state index is 11.6. The highest BCUT2D eigenvalue weighted by molar-refractivity contribution is 5.83. The van der Waals surface area contributed by atoms with E-state index in [4.69, 9.17) is 5.26 Å². The Bertz CT molecular complexity index is 300. The van der Waals surface area contributed by atoms with E-state index in [1.54, 1.807) is 0 Å².